The van der Waals surface area contributed by atoms with Gasteiger partial charge in [0.15, 0.2) is 5.82 Å². The highest BCUT2D eigenvalue weighted by atomic mass is 15.3. The fourth-order valence-corrected chi connectivity index (χ4v) is 3.64. The van der Waals surface area contributed by atoms with E-state index in [0.29, 0.717) is 12.0 Å². The average Bonchev–Trinajstić information content (AvgIpc) is 2.56. The average molecular weight is 284 g/mol. The summed E-state index contributed by atoms with van der Waals surface area (Å²) in [5.74, 6) is 1.58. The fourth-order valence-electron chi connectivity index (χ4n) is 3.64. The maximum Gasteiger partial charge on any atom is 0.159 e. The van der Waals surface area contributed by atoms with E-state index in [1.165, 1.54) is 31.1 Å². The molecule has 0 radical (unpaired) electrons. The highest BCUT2D eigenvalue weighted by Crippen LogP contribution is 2.33. The number of rotatable bonds is 4. The molecule has 2 N–H and O–H groups in total. The maximum absolute atomic E-state index is 6.01. The van der Waals surface area contributed by atoms with Gasteiger partial charge in [-0.2, -0.15) is 5.10 Å². The molecule has 2 unspecified atom stereocenters. The quantitative estimate of drug-likeness (QED) is 0.938. The van der Waals surface area contributed by atoms with Gasteiger partial charge in [0.05, 0.1) is 6.20 Å². The van der Waals surface area contributed by atoms with Crippen molar-refractivity contribution < 1.29 is 0 Å². The van der Waals surface area contributed by atoms with Crippen LogP contribution in [0.4, 0.5) is 5.82 Å². The van der Waals surface area contributed by atoms with Crippen molar-refractivity contribution in [2.45, 2.75) is 38.6 Å². The Labute approximate surface area is 126 Å². The van der Waals surface area contributed by atoms with E-state index in [1.807, 2.05) is 12.3 Å². The predicted octanol–water partition coefficient (Wildman–Crippen LogP) is 2.97. The van der Waals surface area contributed by atoms with E-state index in [0.717, 1.165) is 24.3 Å². The number of nitrogens with zero attached hydrogens (tertiary/aromatic N) is 3. The van der Waals surface area contributed by atoms with Crippen LogP contribution < -0.4 is 10.6 Å². The second kappa shape index (κ2) is 6.39. The molecule has 2 aromatic rings. The van der Waals surface area contributed by atoms with Crippen molar-refractivity contribution in [1.82, 2.24) is 10.2 Å². The molecule has 0 amide bonds. The van der Waals surface area contributed by atoms with Gasteiger partial charge in [0.25, 0.3) is 0 Å². The minimum Gasteiger partial charge on any atom is -0.352 e. The lowest BCUT2D eigenvalue weighted by Gasteiger charge is -2.40. The summed E-state index contributed by atoms with van der Waals surface area (Å²) in [5.41, 5.74) is 6.01. The third kappa shape index (κ3) is 2.72. The van der Waals surface area contributed by atoms with Crippen LogP contribution >= 0.6 is 0 Å². The van der Waals surface area contributed by atoms with Crippen molar-refractivity contribution >= 4 is 16.6 Å². The van der Waals surface area contributed by atoms with Gasteiger partial charge in [-0.1, -0.05) is 37.1 Å². The van der Waals surface area contributed by atoms with Crippen LogP contribution in [0.1, 0.15) is 32.6 Å². The van der Waals surface area contributed by atoms with E-state index in [9.17, 15) is 0 Å². The number of fused-ring (bicyclic) bond motifs is 1. The molecule has 0 aliphatic heterocycles. The first-order valence-corrected chi connectivity index (χ1v) is 8.02. The van der Waals surface area contributed by atoms with Crippen molar-refractivity contribution in [3.63, 3.8) is 0 Å². The molecule has 1 heterocycles. The molecule has 0 saturated heterocycles. The lowest BCUT2D eigenvalue weighted by atomic mass is 9.83. The summed E-state index contributed by atoms with van der Waals surface area (Å²) in [5, 5.41) is 11.0. The summed E-state index contributed by atoms with van der Waals surface area (Å²) in [7, 11) is 0. The third-order valence-electron chi connectivity index (χ3n) is 4.74. The van der Waals surface area contributed by atoms with E-state index in [2.05, 4.69) is 40.2 Å². The Balaban J connectivity index is 2.01. The summed E-state index contributed by atoms with van der Waals surface area (Å²) >= 11 is 0. The van der Waals surface area contributed by atoms with Crippen LogP contribution in [-0.4, -0.2) is 29.3 Å². The molecule has 1 fully saturated rings. The molecular weight excluding hydrogens is 260 g/mol. The molecule has 1 saturated carbocycles. The molecule has 1 aliphatic rings. The second-order valence-corrected chi connectivity index (χ2v) is 5.89. The van der Waals surface area contributed by atoms with Gasteiger partial charge in [-0.3, -0.25) is 0 Å². The number of aromatic nitrogens is 2. The smallest absolute Gasteiger partial charge is 0.159 e. The zero-order chi connectivity index (χ0) is 14.7. The van der Waals surface area contributed by atoms with Gasteiger partial charge in [-0.05, 0) is 32.2 Å². The molecule has 0 bridgehead atoms. The Morgan fingerprint density at radius 3 is 2.86 bits per heavy atom. The molecule has 1 aromatic carbocycles. The lowest BCUT2D eigenvalue weighted by molar-refractivity contribution is 0.299. The van der Waals surface area contributed by atoms with E-state index >= 15 is 0 Å². The number of nitrogens with two attached hydrogens (primary N) is 1. The Morgan fingerprint density at radius 2 is 2.05 bits per heavy atom. The van der Waals surface area contributed by atoms with Gasteiger partial charge >= 0.3 is 0 Å². The van der Waals surface area contributed by atoms with Crippen LogP contribution in [0.2, 0.25) is 0 Å². The first-order valence-electron chi connectivity index (χ1n) is 8.02. The number of hydrogen-bond acceptors (Lipinski definition) is 4. The van der Waals surface area contributed by atoms with Crippen LogP contribution in [0.3, 0.4) is 0 Å². The summed E-state index contributed by atoms with van der Waals surface area (Å²) in [6.45, 7) is 3.91. The summed E-state index contributed by atoms with van der Waals surface area (Å²) < 4.78 is 0. The second-order valence-electron chi connectivity index (χ2n) is 5.89. The highest BCUT2D eigenvalue weighted by molar-refractivity contribution is 5.91. The number of benzene rings is 1. The van der Waals surface area contributed by atoms with Crippen molar-refractivity contribution in [3.05, 3.63) is 30.5 Å². The van der Waals surface area contributed by atoms with Gasteiger partial charge in [0, 0.05) is 23.4 Å². The number of anilines is 1. The van der Waals surface area contributed by atoms with Gasteiger partial charge in [0.2, 0.25) is 0 Å². The maximum atomic E-state index is 6.01. The monoisotopic (exact) mass is 284 g/mol. The first kappa shape index (κ1) is 14.3. The van der Waals surface area contributed by atoms with Crippen molar-refractivity contribution in [2.75, 3.05) is 18.0 Å². The van der Waals surface area contributed by atoms with Gasteiger partial charge in [-0.25, -0.2) is 0 Å². The Kier molecular flexibility index (Phi) is 4.34. The molecule has 21 heavy (non-hydrogen) atoms. The first-order chi connectivity index (χ1) is 10.3. The number of hydrogen-bond donors (Lipinski definition) is 1. The minimum absolute atomic E-state index is 0.494. The molecule has 0 spiro atoms. The van der Waals surface area contributed by atoms with Gasteiger partial charge in [0.1, 0.15) is 0 Å². The van der Waals surface area contributed by atoms with E-state index in [-0.39, 0.29) is 0 Å². The molecule has 1 aliphatic carbocycles. The molecule has 2 atom stereocenters. The van der Waals surface area contributed by atoms with Crippen LogP contribution in [0.25, 0.3) is 10.8 Å². The Bertz CT molecular complexity index is 593. The molecule has 4 heteroatoms. The SMILES string of the molecule is CCN(c1nncc2ccccc12)C1CCCCC1CN. The molecule has 4 nitrogen and oxygen atoms in total. The summed E-state index contributed by atoms with van der Waals surface area (Å²) in [4.78, 5) is 2.42. The molecule has 112 valence electrons. The van der Waals surface area contributed by atoms with E-state index in [4.69, 9.17) is 5.73 Å². The standard InChI is InChI=1S/C17H24N4/c1-2-21(16-10-6-4-7-13(16)11-18)17-15-9-5-3-8-14(15)12-19-20-17/h3,5,8-9,12-13,16H,2,4,6-7,10-11,18H2,1H3. The zero-order valence-electron chi connectivity index (χ0n) is 12.7. The Hall–Kier alpha value is -1.68. The topological polar surface area (TPSA) is 55.0 Å². The van der Waals surface area contributed by atoms with Crippen LogP contribution in [0.15, 0.2) is 30.5 Å². The van der Waals surface area contributed by atoms with Gasteiger partial charge in [-0.15, -0.1) is 5.10 Å². The van der Waals surface area contributed by atoms with Crippen molar-refractivity contribution in [3.8, 4) is 0 Å². The normalized spacial score (nSPS) is 22.4. The summed E-state index contributed by atoms with van der Waals surface area (Å²) in [6, 6.07) is 8.86. The fraction of sp³-hybridized carbons (Fsp3) is 0.529. The van der Waals surface area contributed by atoms with Crippen LogP contribution in [-0.2, 0) is 0 Å². The third-order valence-corrected chi connectivity index (χ3v) is 4.74. The van der Waals surface area contributed by atoms with E-state index in [1.54, 1.807) is 0 Å². The van der Waals surface area contributed by atoms with Gasteiger partial charge < -0.3 is 10.6 Å². The summed E-state index contributed by atoms with van der Waals surface area (Å²) in [6.07, 6.45) is 6.87. The zero-order valence-corrected chi connectivity index (χ0v) is 12.7. The lowest BCUT2D eigenvalue weighted by Crippen LogP contribution is -2.45. The van der Waals surface area contributed by atoms with Crippen LogP contribution in [0, 0.1) is 5.92 Å². The van der Waals surface area contributed by atoms with Crippen molar-refractivity contribution in [1.29, 1.82) is 0 Å². The minimum atomic E-state index is 0.494. The predicted molar refractivity (Wildman–Crippen MR) is 87.4 cm³/mol. The highest BCUT2D eigenvalue weighted by Gasteiger charge is 2.30. The largest absolute Gasteiger partial charge is 0.352 e. The molecular formula is C17H24N4. The Morgan fingerprint density at radius 1 is 1.24 bits per heavy atom. The molecule has 1 aromatic heterocycles. The van der Waals surface area contributed by atoms with Crippen LogP contribution in [0.5, 0.6) is 0 Å². The molecule has 3 rings (SSSR count). The van der Waals surface area contributed by atoms with Crippen molar-refractivity contribution in [2.24, 2.45) is 11.7 Å². The van der Waals surface area contributed by atoms with E-state index < -0.39 is 0 Å².